The van der Waals surface area contributed by atoms with Crippen LogP contribution in [0, 0.1) is 0 Å². The van der Waals surface area contributed by atoms with Crippen LogP contribution in [0.1, 0.15) is 29.8 Å². The van der Waals surface area contributed by atoms with E-state index in [-0.39, 0.29) is 30.6 Å². The second kappa shape index (κ2) is 10.1. The minimum atomic E-state index is -2.76. The van der Waals surface area contributed by atoms with Gasteiger partial charge in [0.25, 0.3) is 6.43 Å². The van der Waals surface area contributed by atoms with Crippen molar-refractivity contribution in [3.8, 4) is 17.0 Å². The van der Waals surface area contributed by atoms with E-state index in [2.05, 4.69) is 25.7 Å². The lowest BCUT2D eigenvalue weighted by Crippen LogP contribution is -2.31. The molecule has 0 bridgehead atoms. The maximum Gasteiger partial charge on any atom is 0.258 e. The van der Waals surface area contributed by atoms with Crippen LogP contribution in [0.15, 0.2) is 30.5 Å². The van der Waals surface area contributed by atoms with Crippen LogP contribution in [0.2, 0.25) is 0 Å². The summed E-state index contributed by atoms with van der Waals surface area (Å²) in [5.74, 6) is 0.0788. The van der Waals surface area contributed by atoms with E-state index >= 15 is 0 Å². The van der Waals surface area contributed by atoms with Crippen molar-refractivity contribution < 1.29 is 27.5 Å². The molecule has 186 valence electrons. The van der Waals surface area contributed by atoms with Gasteiger partial charge in [-0.05, 0) is 49.4 Å². The summed E-state index contributed by atoms with van der Waals surface area (Å²) in [7, 11) is -2.76. The van der Waals surface area contributed by atoms with Gasteiger partial charge >= 0.3 is 0 Å². The van der Waals surface area contributed by atoms with E-state index in [9.17, 15) is 8.78 Å². The first-order valence-electron chi connectivity index (χ1n) is 12.9. The third-order valence-corrected chi connectivity index (χ3v) is 6.16. The summed E-state index contributed by atoms with van der Waals surface area (Å²) in [5.41, 5.74) is 2.36. The highest BCUT2D eigenvalue weighted by Gasteiger charge is 2.23. The summed E-state index contributed by atoms with van der Waals surface area (Å²) in [6.07, 6.45) is 2.36. The molecule has 12 heteroatoms. The average molecular weight is 491 g/mol. The number of aliphatic hydroxyl groups excluding tert-OH is 1. The molecule has 0 aliphatic heterocycles. The predicted octanol–water partition coefficient (Wildman–Crippen LogP) is 3.15. The van der Waals surface area contributed by atoms with Gasteiger partial charge in [-0.1, -0.05) is 11.3 Å². The van der Waals surface area contributed by atoms with Gasteiger partial charge in [0.05, 0.1) is 36.0 Å². The number of hydrogen-bond acceptors (Lipinski definition) is 8. The summed E-state index contributed by atoms with van der Waals surface area (Å²) in [4.78, 5) is 4.40. The molecule has 3 aromatic heterocycles. The molecule has 2 N–H and O–H groups in total. The third kappa shape index (κ3) is 4.89. The monoisotopic (exact) mass is 490 g/mol. The third-order valence-electron chi connectivity index (χ3n) is 6.16. The van der Waals surface area contributed by atoms with Gasteiger partial charge in [-0.15, -0.1) is 10.2 Å². The number of hydrogen-bond donors (Lipinski definition) is 2. The highest BCUT2D eigenvalue weighted by atomic mass is 19.3. The van der Waals surface area contributed by atoms with Gasteiger partial charge in [-0.2, -0.15) is 4.98 Å². The van der Waals surface area contributed by atoms with Crippen molar-refractivity contribution in [1.82, 2.24) is 29.6 Å². The highest BCUT2D eigenvalue weighted by Crippen LogP contribution is 2.33. The van der Waals surface area contributed by atoms with Crippen LogP contribution in [0.5, 0.6) is 5.88 Å². The number of anilines is 1. The van der Waals surface area contributed by atoms with Crippen LogP contribution in [0.25, 0.3) is 27.7 Å². The fourth-order valence-corrected chi connectivity index (χ4v) is 4.53. The van der Waals surface area contributed by atoms with Crippen LogP contribution in [0.4, 0.5) is 14.7 Å². The highest BCUT2D eigenvalue weighted by molar-refractivity contribution is 5.89. The van der Waals surface area contributed by atoms with Crippen molar-refractivity contribution in [3.63, 3.8) is 0 Å². The van der Waals surface area contributed by atoms with Crippen molar-refractivity contribution >= 4 is 22.5 Å². The van der Waals surface area contributed by atoms with E-state index in [0.717, 1.165) is 30.4 Å². The molecule has 1 aliphatic rings. The van der Waals surface area contributed by atoms with Crippen molar-refractivity contribution in [2.75, 3.05) is 25.6 Å². The lowest BCUT2D eigenvalue weighted by molar-refractivity contribution is 0.00718. The average Bonchev–Trinajstić information content (AvgIpc) is 3.46. The Hall–Kier alpha value is -3.38. The van der Waals surface area contributed by atoms with E-state index < -0.39 is 20.0 Å². The fraction of sp³-hybridized carbons (Fsp3) is 0.478. The zero-order valence-corrected chi connectivity index (χ0v) is 18.8. The Balaban J connectivity index is 1.47. The van der Waals surface area contributed by atoms with Crippen molar-refractivity contribution in [1.29, 1.82) is 0 Å². The maximum absolute atomic E-state index is 13.0. The van der Waals surface area contributed by atoms with Gasteiger partial charge in [-0.3, -0.25) is 0 Å². The number of methoxy groups -OCH3 is 1. The number of nitrogens with one attached hydrogen (secondary N) is 1. The molecule has 1 aliphatic carbocycles. The molecule has 0 saturated heterocycles. The van der Waals surface area contributed by atoms with E-state index in [1.807, 2.05) is 0 Å². The Morgan fingerprint density at radius 2 is 2.11 bits per heavy atom. The molecule has 4 aromatic rings. The number of aliphatic hydroxyl groups is 1. The summed E-state index contributed by atoms with van der Waals surface area (Å²) < 4.78 is 62.5. The van der Waals surface area contributed by atoms with E-state index in [1.165, 1.54) is 4.52 Å². The van der Waals surface area contributed by atoms with Crippen molar-refractivity contribution in [3.05, 3.63) is 30.5 Å². The Bertz CT molecular complexity index is 1400. The SMILES string of the molecule is [2H]C([2H])([2H])Oc1nc(NC2CCC(OCCO)CC2)nn2ccc(-c3ccc4nnn(CC(F)F)c4c3)c12. The van der Waals surface area contributed by atoms with Gasteiger partial charge in [-0.25, -0.2) is 18.0 Å². The summed E-state index contributed by atoms with van der Waals surface area (Å²) in [6.45, 7) is -0.301. The molecule has 0 spiro atoms. The number of fused-ring (bicyclic) bond motifs is 2. The molecule has 0 radical (unpaired) electrons. The first kappa shape index (κ1) is 19.9. The van der Waals surface area contributed by atoms with Gasteiger partial charge in [0, 0.05) is 17.8 Å². The van der Waals surface area contributed by atoms with Gasteiger partial charge in [0.15, 0.2) is 0 Å². The molecular formula is C23H27F2N7O3. The number of halogens is 2. The first-order valence-corrected chi connectivity index (χ1v) is 11.4. The molecule has 5 rings (SSSR count). The number of rotatable bonds is 9. The molecule has 0 unspecified atom stereocenters. The Morgan fingerprint density at radius 3 is 2.89 bits per heavy atom. The maximum atomic E-state index is 13.0. The van der Waals surface area contributed by atoms with Crippen LogP contribution < -0.4 is 10.1 Å². The number of ether oxygens (including phenoxy) is 2. The minimum Gasteiger partial charge on any atom is -0.479 e. The van der Waals surface area contributed by atoms with E-state index in [1.54, 1.807) is 30.5 Å². The zero-order valence-electron chi connectivity index (χ0n) is 21.8. The Morgan fingerprint density at radius 1 is 1.26 bits per heavy atom. The molecule has 1 aromatic carbocycles. The molecular weight excluding hydrogens is 460 g/mol. The zero-order chi connectivity index (χ0) is 26.9. The minimum absolute atomic E-state index is 0.0127. The van der Waals surface area contributed by atoms with Gasteiger partial charge in [0.2, 0.25) is 11.8 Å². The molecule has 3 heterocycles. The normalized spacial score (nSPS) is 20.2. The van der Waals surface area contributed by atoms with Crippen LogP contribution in [-0.4, -0.2) is 73.5 Å². The standard InChI is InChI=1S/C23H27F2N7O3/c1-34-22-21-17(14-2-7-18-19(12-14)32(30-28-18)13-20(24)25)8-9-31(21)29-23(27-22)26-15-3-5-16(6-4-15)35-11-10-33/h2,7-9,12,15-16,20,33H,3-6,10-11,13H2,1H3,(H,26,29)/i1D3. The number of aromatic nitrogens is 6. The predicted molar refractivity (Wildman–Crippen MR) is 125 cm³/mol. The number of nitrogens with zero attached hydrogens (tertiary/aromatic N) is 6. The summed E-state index contributed by atoms with van der Waals surface area (Å²) in [5, 5.41) is 24.5. The number of alkyl halides is 2. The second-order valence-electron chi connectivity index (χ2n) is 8.44. The lowest BCUT2D eigenvalue weighted by Gasteiger charge is -2.29. The van der Waals surface area contributed by atoms with Crippen molar-refractivity contribution in [2.24, 2.45) is 0 Å². The fourth-order valence-electron chi connectivity index (χ4n) is 4.53. The number of benzene rings is 1. The van der Waals surface area contributed by atoms with E-state index in [0.29, 0.717) is 34.3 Å². The largest absolute Gasteiger partial charge is 0.479 e. The van der Waals surface area contributed by atoms with E-state index in [4.69, 9.17) is 18.7 Å². The molecule has 1 fully saturated rings. The summed E-state index contributed by atoms with van der Waals surface area (Å²) in [6, 6.07) is 6.84. The quantitative estimate of drug-likeness (QED) is 0.368. The van der Waals surface area contributed by atoms with Crippen LogP contribution in [-0.2, 0) is 11.3 Å². The molecule has 0 amide bonds. The second-order valence-corrected chi connectivity index (χ2v) is 8.44. The Kier molecular flexibility index (Phi) is 5.73. The van der Waals surface area contributed by atoms with Crippen LogP contribution in [0.3, 0.4) is 0 Å². The molecule has 35 heavy (non-hydrogen) atoms. The van der Waals surface area contributed by atoms with Crippen LogP contribution >= 0.6 is 0 Å². The van der Waals surface area contributed by atoms with Gasteiger partial charge in [0.1, 0.15) is 17.6 Å². The molecule has 1 saturated carbocycles. The topological polar surface area (TPSA) is 112 Å². The molecule has 10 nitrogen and oxygen atoms in total. The van der Waals surface area contributed by atoms with Gasteiger partial charge < -0.3 is 19.9 Å². The summed E-state index contributed by atoms with van der Waals surface area (Å²) >= 11 is 0. The smallest absolute Gasteiger partial charge is 0.258 e. The first-order chi connectivity index (χ1) is 18.2. The lowest BCUT2D eigenvalue weighted by atomic mass is 9.93. The van der Waals surface area contributed by atoms with Crippen molar-refractivity contribution in [2.45, 2.75) is 50.8 Å². The Labute approximate surface area is 204 Å². The molecule has 0 atom stereocenters.